The van der Waals surface area contributed by atoms with Gasteiger partial charge in [-0.05, 0) is 54.9 Å². The van der Waals surface area contributed by atoms with E-state index in [1.54, 1.807) is 14.0 Å². The first-order valence-electron chi connectivity index (χ1n) is 14.4. The van der Waals surface area contributed by atoms with E-state index in [2.05, 4.69) is 41.5 Å². The van der Waals surface area contributed by atoms with Gasteiger partial charge in [0.25, 0.3) is 0 Å². The molecule has 9 unspecified atom stereocenters. The van der Waals surface area contributed by atoms with Gasteiger partial charge >= 0.3 is 5.97 Å². The molecule has 0 spiro atoms. The molecule has 3 aliphatic carbocycles. The number of esters is 1. The number of rotatable bonds is 5. The minimum Gasteiger partial charge on any atom is -0.456 e. The van der Waals surface area contributed by atoms with Gasteiger partial charge in [0, 0.05) is 80.6 Å². The van der Waals surface area contributed by atoms with E-state index in [0.29, 0.717) is 0 Å². The molecule has 13 atom stereocenters. The van der Waals surface area contributed by atoms with Crippen molar-refractivity contribution in [1.82, 2.24) is 0 Å². The minimum absolute atomic E-state index is 0. The molecule has 0 heterocycles. The van der Waals surface area contributed by atoms with Crippen LogP contribution in [0.5, 0.6) is 0 Å². The molecule has 1 radical (unpaired) electrons. The van der Waals surface area contributed by atoms with Crippen molar-refractivity contribution in [2.45, 2.75) is 112 Å². The molecule has 39 heavy (non-hydrogen) atoms. The van der Waals surface area contributed by atoms with E-state index in [9.17, 15) is 20.1 Å². The molecule has 8 heteroatoms. The Morgan fingerprint density at radius 3 is 2.08 bits per heavy atom. The Bertz CT molecular complexity index is 980. The normalized spacial score (nSPS) is 47.1. The monoisotopic (exact) mass is 762 g/mol. The van der Waals surface area contributed by atoms with Gasteiger partial charge in [0.05, 0.1) is 17.3 Å². The van der Waals surface area contributed by atoms with Gasteiger partial charge in [-0.15, -0.1) is 0 Å². The Labute approximate surface area is 271 Å². The fourth-order valence-electron chi connectivity index (χ4n) is 9.74. The third kappa shape index (κ3) is 4.88. The summed E-state index contributed by atoms with van der Waals surface area (Å²) in [6.07, 6.45) is -0.791. The molecular formula is C31H53AcNO6. The van der Waals surface area contributed by atoms with Crippen molar-refractivity contribution in [2.24, 2.45) is 52.3 Å². The number of fused-ring (bicyclic) bond motifs is 3. The summed E-state index contributed by atoms with van der Waals surface area (Å²) >= 11 is 0. The summed E-state index contributed by atoms with van der Waals surface area (Å²) in [6, 6.07) is 0. The minimum atomic E-state index is -1.45. The SMILES string of the molecule is COC1CC(C)[C@@]2(C)C(C)C(C)C3=C(C)C(OC(=O)C(O)C(C)C=N)[C@H](C)C(O)([C@@H](C)C2[C@@]1(C)O)C3(C)C.[Ac]. The molecule has 2 fully saturated rings. The molecule has 0 aromatic rings. The Hall–Kier alpha value is 0.162. The second kappa shape index (κ2) is 11.7. The van der Waals surface area contributed by atoms with Crippen LogP contribution >= 0.6 is 0 Å². The van der Waals surface area contributed by atoms with Crippen LogP contribution in [0.25, 0.3) is 0 Å². The maximum absolute atomic E-state index is 13.0. The molecule has 2 bridgehead atoms. The molecule has 221 valence electrons. The van der Waals surface area contributed by atoms with Crippen LogP contribution in [0, 0.1) is 102 Å². The standard InChI is InChI=1S/C31H53NO6.Ac/c1-15(14-32)24(33)27(34)38-25-18(4)23-17(3)19(5)29(10)16(2)13-22(37-12)30(11,35)26(29)21(7)31(36,20(25)6)28(23,8)9;/h14-17,19-22,24-26,32-33,35-36H,13H2,1-12H3;/t15?,16?,17?,19?,20-,21-,22?,24?,25?,26?,29-,30-,31?;/m0./s1. The summed E-state index contributed by atoms with van der Waals surface area (Å²) in [6.45, 7) is 22.6. The number of aliphatic hydroxyl groups excluding tert-OH is 1. The Morgan fingerprint density at radius 2 is 1.59 bits per heavy atom. The zero-order valence-electron chi connectivity index (χ0n) is 26.2. The molecule has 2 saturated carbocycles. The smallest absolute Gasteiger partial charge is 0.336 e. The van der Waals surface area contributed by atoms with Crippen LogP contribution in [0.2, 0.25) is 0 Å². The molecule has 0 saturated heterocycles. The molecule has 3 rings (SSSR count). The van der Waals surface area contributed by atoms with E-state index in [4.69, 9.17) is 14.9 Å². The molecule has 4 N–H and O–H groups in total. The van der Waals surface area contributed by atoms with Gasteiger partial charge in [-0.25, -0.2) is 4.79 Å². The third-order valence-electron chi connectivity index (χ3n) is 12.2. The van der Waals surface area contributed by atoms with Crippen LogP contribution in [0.3, 0.4) is 0 Å². The predicted octanol–water partition coefficient (Wildman–Crippen LogP) is 4.62. The maximum Gasteiger partial charge on any atom is 0.336 e. The molecule has 0 aromatic heterocycles. The van der Waals surface area contributed by atoms with Crippen LogP contribution in [0.4, 0.5) is 0 Å². The Balaban J connectivity index is 0.00000533. The van der Waals surface area contributed by atoms with E-state index in [1.807, 2.05) is 27.7 Å². The number of hydrogen-bond acceptors (Lipinski definition) is 7. The summed E-state index contributed by atoms with van der Waals surface area (Å²) in [5, 5.41) is 43.2. The van der Waals surface area contributed by atoms with Crippen molar-refractivity contribution in [2.75, 3.05) is 7.11 Å². The van der Waals surface area contributed by atoms with Crippen molar-refractivity contribution in [3.63, 3.8) is 0 Å². The molecule has 7 nitrogen and oxygen atoms in total. The molecule has 3 aliphatic rings. The maximum atomic E-state index is 13.0. The number of nitrogens with one attached hydrogen (secondary N) is 1. The van der Waals surface area contributed by atoms with Crippen LogP contribution < -0.4 is 0 Å². The fraction of sp³-hybridized carbons (Fsp3) is 0.871. The zero-order valence-corrected chi connectivity index (χ0v) is 30.9. The van der Waals surface area contributed by atoms with Crippen molar-refractivity contribution in [1.29, 1.82) is 5.41 Å². The Morgan fingerprint density at radius 1 is 1.05 bits per heavy atom. The first-order chi connectivity index (χ1) is 17.3. The van der Waals surface area contributed by atoms with Gasteiger partial charge in [-0.3, -0.25) is 0 Å². The number of ether oxygens (including phenoxy) is 2. The quantitative estimate of drug-likeness (QED) is 0.185. The Kier molecular flexibility index (Phi) is 10.6. The summed E-state index contributed by atoms with van der Waals surface area (Å²) in [5.41, 5.74) is -1.49. The van der Waals surface area contributed by atoms with Crippen molar-refractivity contribution >= 4 is 12.2 Å². The third-order valence-corrected chi connectivity index (χ3v) is 12.2. The van der Waals surface area contributed by atoms with E-state index in [-0.39, 0.29) is 85.2 Å². The van der Waals surface area contributed by atoms with Crippen LogP contribution in [0.1, 0.15) is 82.6 Å². The number of methoxy groups -OCH3 is 1. The van der Waals surface area contributed by atoms with Crippen LogP contribution in [-0.4, -0.2) is 64.1 Å². The van der Waals surface area contributed by atoms with Gasteiger partial charge in [0.1, 0.15) is 6.10 Å². The summed E-state index contributed by atoms with van der Waals surface area (Å²) < 4.78 is 11.9. The van der Waals surface area contributed by atoms with Gasteiger partial charge in [0.15, 0.2) is 6.10 Å². The average Bonchev–Trinajstić information content (AvgIpc) is 2.84. The molecule has 0 aromatic carbocycles. The molecule has 0 aliphatic heterocycles. The predicted molar refractivity (Wildman–Crippen MR) is 149 cm³/mol. The average molecular weight is 763 g/mol. The van der Waals surface area contributed by atoms with Gasteiger partial charge in [-0.2, -0.15) is 0 Å². The van der Waals surface area contributed by atoms with Crippen LogP contribution in [-0.2, 0) is 14.3 Å². The fourth-order valence-corrected chi connectivity index (χ4v) is 9.74. The number of hydrogen-bond donors (Lipinski definition) is 4. The van der Waals surface area contributed by atoms with Gasteiger partial charge in [0.2, 0.25) is 0 Å². The van der Waals surface area contributed by atoms with Crippen molar-refractivity contribution < 1.29 is 73.7 Å². The zero-order chi connectivity index (χ0) is 29.3. The van der Waals surface area contributed by atoms with E-state index < -0.39 is 46.6 Å². The van der Waals surface area contributed by atoms with E-state index in [0.717, 1.165) is 23.8 Å². The van der Waals surface area contributed by atoms with E-state index >= 15 is 0 Å². The van der Waals surface area contributed by atoms with Gasteiger partial charge < -0.3 is 30.2 Å². The second-order valence-electron chi connectivity index (χ2n) is 14.0. The van der Waals surface area contributed by atoms with Crippen molar-refractivity contribution in [3.8, 4) is 0 Å². The number of aliphatic hydroxyl groups is 3. The number of carbonyl (C=O) groups excluding carboxylic acids is 1. The van der Waals surface area contributed by atoms with E-state index in [1.165, 1.54) is 0 Å². The number of carbonyl (C=O) groups is 1. The van der Waals surface area contributed by atoms with Gasteiger partial charge in [-0.1, -0.05) is 67.9 Å². The first-order valence-corrected chi connectivity index (χ1v) is 14.4. The van der Waals surface area contributed by atoms with Crippen LogP contribution in [0.15, 0.2) is 11.1 Å². The molecule has 0 amide bonds. The summed E-state index contributed by atoms with van der Waals surface area (Å²) in [7, 11) is 1.65. The molecular weight excluding hydrogens is 709 g/mol. The second-order valence-corrected chi connectivity index (χ2v) is 14.0. The van der Waals surface area contributed by atoms with Crippen molar-refractivity contribution in [3.05, 3.63) is 11.1 Å². The summed E-state index contributed by atoms with van der Waals surface area (Å²) in [4.78, 5) is 13.0. The first kappa shape index (κ1) is 35.4. The summed E-state index contributed by atoms with van der Waals surface area (Å²) in [5.74, 6) is -2.23. The topological polar surface area (TPSA) is 120 Å². The largest absolute Gasteiger partial charge is 0.456 e.